The summed E-state index contributed by atoms with van der Waals surface area (Å²) < 4.78 is 5.24. The number of nitrogens with one attached hydrogen (secondary N) is 1. The van der Waals surface area contributed by atoms with Gasteiger partial charge in [-0.3, -0.25) is 0 Å². The van der Waals surface area contributed by atoms with Crippen LogP contribution in [0.1, 0.15) is 40.5 Å². The van der Waals surface area contributed by atoms with E-state index in [-0.39, 0.29) is 11.5 Å². The van der Waals surface area contributed by atoms with Crippen molar-refractivity contribution in [2.75, 3.05) is 26.7 Å². The molecule has 0 radical (unpaired) electrons. The summed E-state index contributed by atoms with van der Waals surface area (Å²) in [4.78, 5) is 13.9. The molecule has 1 N–H and O–H groups in total. The van der Waals surface area contributed by atoms with Crippen molar-refractivity contribution >= 4 is 6.09 Å². The molecular formula is C13H26N2O2. The molecule has 1 amide bonds. The van der Waals surface area contributed by atoms with Crippen LogP contribution < -0.4 is 5.32 Å². The van der Waals surface area contributed by atoms with Crippen LogP contribution in [0.3, 0.4) is 0 Å². The van der Waals surface area contributed by atoms with Gasteiger partial charge in [0.15, 0.2) is 0 Å². The number of piperidine rings is 1. The first-order chi connectivity index (χ1) is 7.70. The monoisotopic (exact) mass is 242 g/mol. The van der Waals surface area contributed by atoms with Crippen LogP contribution in [0.4, 0.5) is 4.79 Å². The number of hydrogen-bond donors (Lipinski definition) is 1. The normalized spacial score (nSPS) is 26.6. The molecule has 17 heavy (non-hydrogen) atoms. The number of alkyl carbamates (subject to hydrolysis) is 1. The van der Waals surface area contributed by atoms with E-state index >= 15 is 0 Å². The van der Waals surface area contributed by atoms with E-state index in [4.69, 9.17) is 4.74 Å². The van der Waals surface area contributed by atoms with Crippen LogP contribution in [0, 0.1) is 5.41 Å². The SMILES string of the molecule is CN1CCCC(C)(CNC(=O)OC(C)(C)C)C1. The van der Waals surface area contributed by atoms with E-state index in [0.29, 0.717) is 6.54 Å². The molecule has 1 heterocycles. The average molecular weight is 242 g/mol. The number of carbonyl (C=O) groups excluding carboxylic acids is 1. The zero-order valence-corrected chi connectivity index (χ0v) is 11.8. The Balaban J connectivity index is 2.36. The quantitative estimate of drug-likeness (QED) is 0.807. The van der Waals surface area contributed by atoms with Gasteiger partial charge < -0.3 is 15.0 Å². The third-order valence-corrected chi connectivity index (χ3v) is 3.03. The minimum Gasteiger partial charge on any atom is -0.444 e. The van der Waals surface area contributed by atoms with Crippen molar-refractivity contribution in [1.82, 2.24) is 10.2 Å². The van der Waals surface area contributed by atoms with E-state index in [0.717, 1.165) is 19.5 Å². The lowest BCUT2D eigenvalue weighted by Crippen LogP contribution is -2.47. The minimum absolute atomic E-state index is 0.171. The maximum atomic E-state index is 11.6. The molecule has 1 unspecified atom stereocenters. The molecule has 1 rings (SSSR count). The Kier molecular flexibility index (Phi) is 4.42. The Morgan fingerprint density at radius 3 is 2.65 bits per heavy atom. The molecule has 4 nitrogen and oxygen atoms in total. The molecule has 100 valence electrons. The molecule has 1 fully saturated rings. The second-order valence-corrected chi connectivity index (χ2v) is 6.51. The topological polar surface area (TPSA) is 41.6 Å². The molecule has 0 aromatic carbocycles. The third-order valence-electron chi connectivity index (χ3n) is 3.03. The van der Waals surface area contributed by atoms with Crippen molar-refractivity contribution in [3.8, 4) is 0 Å². The van der Waals surface area contributed by atoms with Crippen molar-refractivity contribution in [3.05, 3.63) is 0 Å². The zero-order valence-electron chi connectivity index (χ0n) is 11.8. The van der Waals surface area contributed by atoms with Crippen molar-refractivity contribution in [2.45, 2.75) is 46.1 Å². The van der Waals surface area contributed by atoms with Crippen molar-refractivity contribution in [1.29, 1.82) is 0 Å². The van der Waals surface area contributed by atoms with Crippen LogP contribution in [0.15, 0.2) is 0 Å². The molecule has 0 saturated carbocycles. The van der Waals surface area contributed by atoms with Crippen LogP contribution >= 0.6 is 0 Å². The summed E-state index contributed by atoms with van der Waals surface area (Å²) in [7, 11) is 2.13. The molecule has 0 spiro atoms. The van der Waals surface area contributed by atoms with E-state index in [9.17, 15) is 4.79 Å². The summed E-state index contributed by atoms with van der Waals surface area (Å²) >= 11 is 0. The molecule has 1 atom stereocenters. The summed E-state index contributed by atoms with van der Waals surface area (Å²) in [6, 6.07) is 0. The lowest BCUT2D eigenvalue weighted by Gasteiger charge is -2.38. The van der Waals surface area contributed by atoms with E-state index in [1.54, 1.807) is 0 Å². The summed E-state index contributed by atoms with van der Waals surface area (Å²) in [6.45, 7) is 10.7. The van der Waals surface area contributed by atoms with Gasteiger partial charge in [-0.2, -0.15) is 0 Å². The van der Waals surface area contributed by atoms with Crippen LogP contribution in [-0.4, -0.2) is 43.3 Å². The number of ether oxygens (including phenoxy) is 1. The van der Waals surface area contributed by atoms with Crippen molar-refractivity contribution < 1.29 is 9.53 Å². The number of nitrogens with zero attached hydrogens (tertiary/aromatic N) is 1. The first kappa shape index (κ1) is 14.3. The van der Waals surface area contributed by atoms with Crippen LogP contribution in [0.5, 0.6) is 0 Å². The molecule has 4 heteroatoms. The smallest absolute Gasteiger partial charge is 0.407 e. The largest absolute Gasteiger partial charge is 0.444 e. The van der Waals surface area contributed by atoms with Crippen LogP contribution in [-0.2, 0) is 4.74 Å². The van der Waals surface area contributed by atoms with Gasteiger partial charge in [-0.05, 0) is 52.6 Å². The van der Waals surface area contributed by atoms with Gasteiger partial charge in [0.25, 0.3) is 0 Å². The maximum absolute atomic E-state index is 11.6. The number of rotatable bonds is 2. The number of carbonyl (C=O) groups is 1. The molecule has 0 bridgehead atoms. The lowest BCUT2D eigenvalue weighted by molar-refractivity contribution is 0.0467. The van der Waals surface area contributed by atoms with E-state index in [1.807, 2.05) is 20.8 Å². The lowest BCUT2D eigenvalue weighted by atomic mass is 9.82. The summed E-state index contributed by atoms with van der Waals surface area (Å²) in [5.41, 5.74) is -0.252. The van der Waals surface area contributed by atoms with Gasteiger partial charge in [0.05, 0.1) is 0 Å². The summed E-state index contributed by atoms with van der Waals surface area (Å²) in [6.07, 6.45) is 2.04. The van der Waals surface area contributed by atoms with Gasteiger partial charge in [-0.1, -0.05) is 6.92 Å². The Morgan fingerprint density at radius 1 is 1.47 bits per heavy atom. The number of likely N-dealkylation sites (tertiary alicyclic amines) is 1. The highest BCUT2D eigenvalue weighted by Crippen LogP contribution is 2.27. The zero-order chi connectivity index (χ0) is 13.1. The third kappa shape index (κ3) is 5.39. The fourth-order valence-corrected chi connectivity index (χ4v) is 2.33. The molecule has 0 aromatic heterocycles. The first-order valence-electron chi connectivity index (χ1n) is 6.36. The summed E-state index contributed by atoms with van der Waals surface area (Å²) in [5, 5.41) is 2.88. The standard InChI is InChI=1S/C13H26N2O2/c1-12(2,3)17-11(16)14-9-13(4)7-6-8-15(5)10-13/h6-10H2,1-5H3,(H,14,16). The Labute approximate surface area is 105 Å². The van der Waals surface area contributed by atoms with Crippen molar-refractivity contribution in [2.24, 2.45) is 5.41 Å². The fourth-order valence-electron chi connectivity index (χ4n) is 2.33. The molecular weight excluding hydrogens is 216 g/mol. The highest BCUT2D eigenvalue weighted by molar-refractivity contribution is 5.67. The first-order valence-corrected chi connectivity index (χ1v) is 6.36. The number of hydrogen-bond acceptors (Lipinski definition) is 3. The molecule has 1 aliphatic rings. The molecule has 1 aliphatic heterocycles. The van der Waals surface area contributed by atoms with E-state index < -0.39 is 5.60 Å². The second kappa shape index (κ2) is 5.25. The Bertz CT molecular complexity index is 273. The van der Waals surface area contributed by atoms with Crippen LogP contribution in [0.25, 0.3) is 0 Å². The van der Waals surface area contributed by atoms with Gasteiger partial charge in [0, 0.05) is 13.1 Å². The van der Waals surface area contributed by atoms with Gasteiger partial charge in [0.2, 0.25) is 0 Å². The highest BCUT2D eigenvalue weighted by atomic mass is 16.6. The van der Waals surface area contributed by atoms with Gasteiger partial charge in [-0.15, -0.1) is 0 Å². The maximum Gasteiger partial charge on any atom is 0.407 e. The van der Waals surface area contributed by atoms with Crippen LogP contribution in [0.2, 0.25) is 0 Å². The van der Waals surface area contributed by atoms with E-state index in [2.05, 4.69) is 24.2 Å². The highest BCUT2D eigenvalue weighted by Gasteiger charge is 2.30. The Hall–Kier alpha value is -0.770. The predicted octanol–water partition coefficient (Wildman–Crippen LogP) is 2.24. The predicted molar refractivity (Wildman–Crippen MR) is 69.1 cm³/mol. The minimum atomic E-state index is -0.422. The number of amides is 1. The van der Waals surface area contributed by atoms with Gasteiger partial charge in [0.1, 0.15) is 5.60 Å². The summed E-state index contributed by atoms with van der Waals surface area (Å²) in [5.74, 6) is 0. The molecule has 0 aromatic rings. The van der Waals surface area contributed by atoms with E-state index in [1.165, 1.54) is 6.42 Å². The average Bonchev–Trinajstić information content (AvgIpc) is 2.12. The fraction of sp³-hybridized carbons (Fsp3) is 0.923. The Morgan fingerprint density at radius 2 is 2.12 bits per heavy atom. The molecule has 0 aliphatic carbocycles. The second-order valence-electron chi connectivity index (χ2n) is 6.51. The molecule has 1 saturated heterocycles. The van der Waals surface area contributed by atoms with Gasteiger partial charge >= 0.3 is 6.09 Å². The van der Waals surface area contributed by atoms with Gasteiger partial charge in [-0.25, -0.2) is 4.79 Å². The van der Waals surface area contributed by atoms with Crippen molar-refractivity contribution in [3.63, 3.8) is 0 Å².